The van der Waals surface area contributed by atoms with E-state index in [0.29, 0.717) is 16.9 Å². The quantitative estimate of drug-likeness (QED) is 0.250. The van der Waals surface area contributed by atoms with Crippen LogP contribution >= 0.6 is 12.0 Å². The molecule has 0 fully saturated rings. The molecule has 70 valence electrons. The van der Waals surface area contributed by atoms with Crippen LogP contribution in [0.15, 0.2) is 23.1 Å². The second kappa shape index (κ2) is 7.69. The van der Waals surface area contributed by atoms with Crippen LogP contribution in [0.3, 0.4) is 0 Å². The fourth-order valence-electron chi connectivity index (χ4n) is 0.860. The summed E-state index contributed by atoms with van der Waals surface area (Å²) >= 11 is 0.593. The molecule has 0 aliphatic rings. The summed E-state index contributed by atoms with van der Waals surface area (Å²) in [5, 5.41) is 30.1. The zero-order valence-electron chi connectivity index (χ0n) is 7.76. The third kappa shape index (κ3) is 3.82. The molecule has 1 aromatic rings. The number of hydrogen-bond donors (Lipinski definition) is 0. The molecule has 0 amide bonds. The fraction of sp³-hybridized carbons (Fsp3) is 0. The Bertz CT molecular complexity index is 413. The predicted molar refractivity (Wildman–Crippen MR) is 43.9 cm³/mol. The van der Waals surface area contributed by atoms with E-state index in [4.69, 9.17) is 10.5 Å². The van der Waals surface area contributed by atoms with E-state index in [1.165, 1.54) is 6.07 Å². The van der Waals surface area contributed by atoms with Crippen molar-refractivity contribution in [1.29, 1.82) is 10.5 Å². The van der Waals surface area contributed by atoms with Crippen LogP contribution in [0.2, 0.25) is 0 Å². The van der Waals surface area contributed by atoms with Crippen molar-refractivity contribution in [2.45, 2.75) is 4.90 Å². The van der Waals surface area contributed by atoms with Crippen molar-refractivity contribution in [3.05, 3.63) is 29.3 Å². The van der Waals surface area contributed by atoms with Crippen molar-refractivity contribution in [1.82, 2.24) is 0 Å². The molecule has 0 atom stereocenters. The normalized spacial score (nSPS) is 8.47. The molecule has 7 heteroatoms. The molecule has 5 nitrogen and oxygen atoms in total. The summed E-state index contributed by atoms with van der Waals surface area (Å²) in [7, 11) is 0. The van der Waals surface area contributed by atoms with Gasteiger partial charge in [0.1, 0.15) is 12.1 Å². The average molecular weight is 230 g/mol. The molecule has 0 radical (unpaired) electrons. The Hall–Kier alpha value is -0.570. The summed E-state index contributed by atoms with van der Waals surface area (Å²) in [6.07, 6.45) is 0. The Kier molecular flexibility index (Phi) is 7.39. The fourth-order valence-corrected chi connectivity index (χ4v) is 1.33. The van der Waals surface area contributed by atoms with Gasteiger partial charge in [-0.05, 0) is 12.1 Å². The molecule has 1 aromatic carbocycles. The molecular formula is C8H3N2NaO3S. The van der Waals surface area contributed by atoms with Crippen molar-refractivity contribution >= 4 is 12.0 Å². The van der Waals surface area contributed by atoms with Crippen molar-refractivity contribution in [3.63, 3.8) is 0 Å². The van der Waals surface area contributed by atoms with Crippen LogP contribution in [0, 0.1) is 22.7 Å². The largest absolute Gasteiger partial charge is 1.00 e. The van der Waals surface area contributed by atoms with Gasteiger partial charge >= 0.3 is 29.6 Å². The van der Waals surface area contributed by atoms with Gasteiger partial charge in [0, 0.05) is 0 Å². The first kappa shape index (κ1) is 14.4. The number of benzene rings is 1. The van der Waals surface area contributed by atoms with Crippen molar-refractivity contribution in [3.8, 4) is 12.1 Å². The smallest absolute Gasteiger partial charge is 0.691 e. The van der Waals surface area contributed by atoms with Gasteiger partial charge in [0.25, 0.3) is 0 Å². The van der Waals surface area contributed by atoms with Crippen molar-refractivity contribution in [2.24, 2.45) is 0 Å². The second-order valence-corrected chi connectivity index (χ2v) is 2.86. The third-order valence-corrected chi connectivity index (χ3v) is 2.05. The first-order chi connectivity index (χ1) is 6.83. The van der Waals surface area contributed by atoms with E-state index in [1.54, 1.807) is 12.1 Å². The van der Waals surface area contributed by atoms with E-state index in [0.717, 1.165) is 0 Å². The molecule has 0 unspecified atom stereocenters. The predicted octanol–water partition coefficient (Wildman–Crippen LogP) is -2.34. The number of nitriles is 2. The number of hydrogen-bond acceptors (Lipinski definition) is 6. The van der Waals surface area contributed by atoms with Gasteiger partial charge in [-0.25, -0.2) is 0 Å². The monoisotopic (exact) mass is 230 g/mol. The maximum Gasteiger partial charge on any atom is 1.00 e. The first-order valence-electron chi connectivity index (χ1n) is 3.40. The average Bonchev–Trinajstić information content (AvgIpc) is 2.25. The van der Waals surface area contributed by atoms with Crippen LogP contribution in [0.1, 0.15) is 11.1 Å². The van der Waals surface area contributed by atoms with Crippen LogP contribution in [-0.4, -0.2) is 0 Å². The first-order valence-corrected chi connectivity index (χ1v) is 4.14. The second-order valence-electron chi connectivity index (χ2n) is 2.12. The topological polar surface area (TPSA) is 89.1 Å². The van der Waals surface area contributed by atoms with Crippen LogP contribution in [-0.2, 0) is 9.37 Å². The van der Waals surface area contributed by atoms with E-state index >= 15 is 0 Å². The standard InChI is InChI=1S/C8H4N2O3S.Na/c9-4-6-2-1-3-8(7(6)5-10)14-13-12-11;/h1-3,11H;/q;+1/p-1. The molecule has 0 heterocycles. The van der Waals surface area contributed by atoms with Crippen LogP contribution in [0.25, 0.3) is 0 Å². The maximum atomic E-state index is 9.57. The minimum Gasteiger partial charge on any atom is -0.691 e. The minimum atomic E-state index is 0. The molecule has 0 N–H and O–H groups in total. The molecule has 0 bridgehead atoms. The molecule has 0 saturated carbocycles. The van der Waals surface area contributed by atoms with E-state index in [9.17, 15) is 5.26 Å². The molecule has 0 spiro atoms. The summed E-state index contributed by atoms with van der Waals surface area (Å²) in [5.41, 5.74) is 0.393. The van der Waals surface area contributed by atoms with Crippen LogP contribution in [0.4, 0.5) is 0 Å². The van der Waals surface area contributed by atoms with E-state index in [-0.39, 0.29) is 40.7 Å². The zero-order chi connectivity index (χ0) is 10.4. The number of nitrogens with zero attached hydrogens (tertiary/aromatic N) is 2. The Morgan fingerprint density at radius 1 is 1.27 bits per heavy atom. The van der Waals surface area contributed by atoms with Crippen molar-refractivity contribution < 1.29 is 44.2 Å². The third-order valence-electron chi connectivity index (χ3n) is 1.41. The summed E-state index contributed by atoms with van der Waals surface area (Å²) in [4.78, 5) is 0.363. The Morgan fingerprint density at radius 3 is 2.53 bits per heavy atom. The summed E-state index contributed by atoms with van der Waals surface area (Å²) in [5.74, 6) is 0. The van der Waals surface area contributed by atoms with Gasteiger partial charge in [0.05, 0.1) is 28.1 Å². The van der Waals surface area contributed by atoms with Crippen molar-refractivity contribution in [2.75, 3.05) is 0 Å². The zero-order valence-corrected chi connectivity index (χ0v) is 10.6. The van der Waals surface area contributed by atoms with Gasteiger partial charge in [-0.1, -0.05) is 6.07 Å². The summed E-state index contributed by atoms with van der Waals surface area (Å²) in [6, 6.07) is 8.32. The van der Waals surface area contributed by atoms with Gasteiger partial charge in [-0.15, -0.1) is 0 Å². The van der Waals surface area contributed by atoms with Gasteiger partial charge in [0.2, 0.25) is 0 Å². The molecular weight excluding hydrogens is 227 g/mol. The van der Waals surface area contributed by atoms with E-state index in [1.807, 2.05) is 12.1 Å². The minimum absolute atomic E-state index is 0. The summed E-state index contributed by atoms with van der Waals surface area (Å²) < 4.78 is 4.06. The van der Waals surface area contributed by atoms with Gasteiger partial charge < -0.3 is 5.26 Å². The van der Waals surface area contributed by atoms with Crippen LogP contribution < -0.4 is 34.8 Å². The van der Waals surface area contributed by atoms with Gasteiger partial charge in [0.15, 0.2) is 0 Å². The molecule has 0 aromatic heterocycles. The van der Waals surface area contributed by atoms with E-state index in [2.05, 4.69) is 9.37 Å². The summed E-state index contributed by atoms with van der Waals surface area (Å²) in [6.45, 7) is 0. The van der Waals surface area contributed by atoms with Gasteiger partial charge in [-0.3, -0.25) is 5.04 Å². The maximum absolute atomic E-state index is 9.57. The Balaban J connectivity index is 0.00000196. The van der Waals surface area contributed by atoms with E-state index < -0.39 is 0 Å². The van der Waals surface area contributed by atoms with Crippen LogP contribution in [0.5, 0.6) is 0 Å². The number of rotatable bonds is 3. The Morgan fingerprint density at radius 2 is 2.00 bits per heavy atom. The molecule has 15 heavy (non-hydrogen) atoms. The molecule has 1 rings (SSSR count). The molecule has 0 aliphatic carbocycles. The molecule has 0 aliphatic heterocycles. The van der Waals surface area contributed by atoms with Gasteiger partial charge in [-0.2, -0.15) is 14.9 Å². The molecule has 0 saturated heterocycles. The Labute approximate surface area is 113 Å². The SMILES string of the molecule is N#Cc1cccc(SOO[O-])c1C#N.[Na+].